The number of amides is 1. The van der Waals surface area contributed by atoms with Crippen LogP contribution in [0.25, 0.3) is 5.69 Å². The van der Waals surface area contributed by atoms with Crippen molar-refractivity contribution in [3.63, 3.8) is 0 Å². The van der Waals surface area contributed by atoms with E-state index in [1.165, 1.54) is 6.26 Å². The zero-order chi connectivity index (χ0) is 19.2. The number of para-hydroxylation sites is 1. The van der Waals surface area contributed by atoms with Gasteiger partial charge in [0, 0.05) is 24.5 Å². The molecule has 2 aromatic heterocycles. The fraction of sp³-hybridized carbons (Fsp3) is 0.0909. The van der Waals surface area contributed by atoms with Crippen molar-refractivity contribution in [2.75, 3.05) is 0 Å². The van der Waals surface area contributed by atoms with Crippen LogP contribution in [0.4, 0.5) is 0 Å². The van der Waals surface area contributed by atoms with Crippen LogP contribution < -0.4 is 10.1 Å². The average molecular weight is 373 g/mol. The summed E-state index contributed by atoms with van der Waals surface area (Å²) in [6.07, 6.45) is 5.11. The summed E-state index contributed by atoms with van der Waals surface area (Å²) >= 11 is 0. The van der Waals surface area contributed by atoms with Gasteiger partial charge in [-0.05, 0) is 42.0 Å². The molecular formula is C22H19N3O3. The molecule has 1 amide bonds. The van der Waals surface area contributed by atoms with Gasteiger partial charge in [-0.15, -0.1) is 0 Å². The van der Waals surface area contributed by atoms with E-state index < -0.39 is 0 Å². The summed E-state index contributed by atoms with van der Waals surface area (Å²) in [7, 11) is 0. The molecule has 4 rings (SSSR count). The fourth-order valence-electron chi connectivity index (χ4n) is 2.78. The lowest BCUT2D eigenvalue weighted by Crippen LogP contribution is -2.23. The van der Waals surface area contributed by atoms with Crippen molar-refractivity contribution >= 4 is 5.91 Å². The van der Waals surface area contributed by atoms with Crippen LogP contribution in [0.1, 0.15) is 21.7 Å². The van der Waals surface area contributed by atoms with E-state index in [0.717, 1.165) is 17.0 Å². The Kier molecular flexibility index (Phi) is 5.20. The normalized spacial score (nSPS) is 10.6. The lowest BCUT2D eigenvalue weighted by Gasteiger charge is -2.08. The van der Waals surface area contributed by atoms with Gasteiger partial charge in [0.15, 0.2) is 5.76 Å². The van der Waals surface area contributed by atoms with Crippen LogP contribution in [-0.4, -0.2) is 15.7 Å². The maximum absolute atomic E-state index is 12.5. The van der Waals surface area contributed by atoms with Crippen molar-refractivity contribution in [2.24, 2.45) is 0 Å². The first-order chi connectivity index (χ1) is 13.8. The highest BCUT2D eigenvalue weighted by Gasteiger charge is 2.15. The number of carbonyl (C=O) groups excluding carboxylic acids is 1. The quantitative estimate of drug-likeness (QED) is 0.532. The van der Waals surface area contributed by atoms with Gasteiger partial charge in [-0.3, -0.25) is 4.79 Å². The van der Waals surface area contributed by atoms with Gasteiger partial charge in [0.05, 0.1) is 12.0 Å². The Morgan fingerprint density at radius 3 is 2.61 bits per heavy atom. The summed E-state index contributed by atoms with van der Waals surface area (Å²) in [4.78, 5) is 12.5. The lowest BCUT2D eigenvalue weighted by atomic mass is 10.2. The Morgan fingerprint density at radius 2 is 1.86 bits per heavy atom. The Hall–Kier alpha value is -3.80. The van der Waals surface area contributed by atoms with Crippen LogP contribution >= 0.6 is 0 Å². The number of aromatic nitrogens is 2. The highest BCUT2D eigenvalue weighted by Crippen LogP contribution is 2.16. The molecule has 0 bridgehead atoms. The number of furan rings is 1. The predicted molar refractivity (Wildman–Crippen MR) is 104 cm³/mol. The van der Waals surface area contributed by atoms with Gasteiger partial charge in [-0.25, -0.2) is 4.68 Å². The van der Waals surface area contributed by atoms with Crippen molar-refractivity contribution in [3.05, 3.63) is 102 Å². The monoisotopic (exact) mass is 373 g/mol. The number of rotatable bonds is 7. The van der Waals surface area contributed by atoms with Gasteiger partial charge in [0.2, 0.25) is 0 Å². The van der Waals surface area contributed by atoms with Crippen LogP contribution in [-0.2, 0) is 13.2 Å². The first-order valence-corrected chi connectivity index (χ1v) is 8.91. The van der Waals surface area contributed by atoms with Gasteiger partial charge >= 0.3 is 0 Å². The molecule has 0 unspecified atom stereocenters. The molecule has 0 saturated heterocycles. The second-order valence-corrected chi connectivity index (χ2v) is 6.18. The summed E-state index contributed by atoms with van der Waals surface area (Å²) in [5.74, 6) is 0.740. The van der Waals surface area contributed by atoms with E-state index in [1.807, 2.05) is 66.9 Å². The molecule has 140 valence electrons. The second-order valence-electron chi connectivity index (χ2n) is 6.18. The van der Waals surface area contributed by atoms with E-state index in [9.17, 15) is 4.79 Å². The zero-order valence-corrected chi connectivity index (χ0v) is 15.1. The number of ether oxygens (including phenoxy) is 1. The van der Waals surface area contributed by atoms with Gasteiger partial charge in [0.1, 0.15) is 12.4 Å². The molecule has 0 aliphatic rings. The van der Waals surface area contributed by atoms with Crippen molar-refractivity contribution in [1.29, 1.82) is 0 Å². The standard InChI is InChI=1S/C22H19N3O3/c26-22(21-18(11-14-27-21)16-28-20-5-2-1-3-6-20)23-15-17-7-9-19(10-8-17)25-13-4-12-24-25/h1-14H,15-16H2,(H,23,26). The van der Waals surface area contributed by atoms with Crippen LogP contribution in [0, 0.1) is 0 Å². The molecule has 1 N–H and O–H groups in total. The maximum atomic E-state index is 12.5. The van der Waals surface area contributed by atoms with E-state index >= 15 is 0 Å². The molecule has 0 fully saturated rings. The maximum Gasteiger partial charge on any atom is 0.287 e. The Labute approximate surface area is 162 Å². The fourth-order valence-corrected chi connectivity index (χ4v) is 2.78. The summed E-state index contributed by atoms with van der Waals surface area (Å²) in [5, 5.41) is 7.08. The highest BCUT2D eigenvalue weighted by molar-refractivity contribution is 5.92. The molecule has 2 aromatic carbocycles. The molecule has 6 heteroatoms. The molecule has 0 aliphatic heterocycles. The molecular weight excluding hydrogens is 354 g/mol. The molecule has 6 nitrogen and oxygen atoms in total. The summed E-state index contributed by atoms with van der Waals surface area (Å²) in [6, 6.07) is 20.9. The van der Waals surface area contributed by atoms with Crippen LogP contribution in [0.15, 0.2) is 89.8 Å². The number of nitrogens with one attached hydrogen (secondary N) is 1. The summed E-state index contributed by atoms with van der Waals surface area (Å²) in [6.45, 7) is 0.666. The third-order valence-electron chi connectivity index (χ3n) is 4.25. The number of nitrogens with zero attached hydrogens (tertiary/aromatic N) is 2. The predicted octanol–water partition coefficient (Wildman–Crippen LogP) is 3.97. The third kappa shape index (κ3) is 4.12. The van der Waals surface area contributed by atoms with Crippen LogP contribution in [0.2, 0.25) is 0 Å². The molecule has 0 spiro atoms. The molecule has 0 atom stereocenters. The largest absolute Gasteiger partial charge is 0.489 e. The number of benzene rings is 2. The van der Waals surface area contributed by atoms with Crippen molar-refractivity contribution in [1.82, 2.24) is 15.1 Å². The summed E-state index contributed by atoms with van der Waals surface area (Å²) in [5.41, 5.74) is 2.65. The van der Waals surface area contributed by atoms with Gasteiger partial charge in [0.25, 0.3) is 5.91 Å². The Morgan fingerprint density at radius 1 is 1.04 bits per heavy atom. The SMILES string of the molecule is O=C(NCc1ccc(-n2cccn2)cc1)c1occc1COc1ccccc1. The van der Waals surface area contributed by atoms with Crippen LogP contribution in [0.5, 0.6) is 5.75 Å². The second kappa shape index (κ2) is 8.26. The van der Waals surface area contributed by atoms with E-state index in [-0.39, 0.29) is 18.3 Å². The zero-order valence-electron chi connectivity index (χ0n) is 15.1. The molecule has 28 heavy (non-hydrogen) atoms. The van der Waals surface area contributed by atoms with E-state index in [0.29, 0.717) is 12.1 Å². The lowest BCUT2D eigenvalue weighted by molar-refractivity contribution is 0.0919. The smallest absolute Gasteiger partial charge is 0.287 e. The summed E-state index contributed by atoms with van der Waals surface area (Å²) < 4.78 is 12.9. The topological polar surface area (TPSA) is 69.3 Å². The van der Waals surface area contributed by atoms with Crippen molar-refractivity contribution in [2.45, 2.75) is 13.2 Å². The minimum Gasteiger partial charge on any atom is -0.489 e. The van der Waals surface area contributed by atoms with Crippen molar-refractivity contribution < 1.29 is 13.9 Å². The Balaban J connectivity index is 1.35. The molecule has 0 saturated carbocycles. The third-order valence-corrected chi connectivity index (χ3v) is 4.25. The van der Waals surface area contributed by atoms with Gasteiger partial charge < -0.3 is 14.5 Å². The van der Waals surface area contributed by atoms with Gasteiger partial charge in [-0.2, -0.15) is 5.10 Å². The highest BCUT2D eigenvalue weighted by atomic mass is 16.5. The average Bonchev–Trinajstić information content (AvgIpc) is 3.44. The Bertz CT molecular complexity index is 1020. The number of hydrogen-bond acceptors (Lipinski definition) is 4. The van der Waals surface area contributed by atoms with E-state index in [1.54, 1.807) is 16.9 Å². The minimum absolute atomic E-state index is 0.266. The number of hydrogen-bond donors (Lipinski definition) is 1. The first kappa shape index (κ1) is 17.6. The van der Waals surface area contributed by atoms with Gasteiger partial charge in [-0.1, -0.05) is 30.3 Å². The minimum atomic E-state index is -0.271. The molecule has 0 radical (unpaired) electrons. The molecule has 0 aliphatic carbocycles. The van der Waals surface area contributed by atoms with Crippen LogP contribution in [0.3, 0.4) is 0 Å². The molecule has 4 aromatic rings. The van der Waals surface area contributed by atoms with E-state index in [2.05, 4.69) is 10.4 Å². The first-order valence-electron chi connectivity index (χ1n) is 8.91. The molecule has 2 heterocycles. The number of carbonyl (C=O) groups is 1. The van der Waals surface area contributed by atoms with E-state index in [4.69, 9.17) is 9.15 Å². The van der Waals surface area contributed by atoms with Crippen molar-refractivity contribution in [3.8, 4) is 11.4 Å².